The van der Waals surface area contributed by atoms with E-state index in [2.05, 4.69) is 32.3 Å². The first-order chi connectivity index (χ1) is 7.81. The number of aryl methyl sites for hydroxylation is 1. The molecule has 2 aromatic heterocycles. The molecule has 0 aliphatic carbocycles. The van der Waals surface area contributed by atoms with E-state index in [4.69, 9.17) is 4.52 Å². The molecule has 0 aliphatic rings. The molecule has 0 aliphatic heterocycles. The Bertz CT molecular complexity index is 446. The summed E-state index contributed by atoms with van der Waals surface area (Å²) in [5.41, 5.74) is 1.25. The molecule has 16 heavy (non-hydrogen) atoms. The van der Waals surface area contributed by atoms with E-state index in [1.807, 2.05) is 20.2 Å². The summed E-state index contributed by atoms with van der Waals surface area (Å²) in [6, 6.07) is 2.08. The van der Waals surface area contributed by atoms with E-state index in [0.717, 1.165) is 18.8 Å². The van der Waals surface area contributed by atoms with Crippen molar-refractivity contribution in [2.75, 3.05) is 7.05 Å². The van der Waals surface area contributed by atoms with Gasteiger partial charge in [0.25, 0.3) is 0 Å². The molecule has 0 saturated carbocycles. The van der Waals surface area contributed by atoms with Crippen LogP contribution in [0.4, 0.5) is 0 Å². The molecule has 5 heteroatoms. The lowest BCUT2D eigenvalue weighted by atomic mass is 10.3. The number of rotatable bonds is 5. The Morgan fingerprint density at radius 3 is 3.06 bits per heavy atom. The van der Waals surface area contributed by atoms with Gasteiger partial charge < -0.3 is 14.4 Å². The van der Waals surface area contributed by atoms with Gasteiger partial charge in [0.15, 0.2) is 5.82 Å². The van der Waals surface area contributed by atoms with Crippen LogP contribution in [0, 0.1) is 0 Å². The van der Waals surface area contributed by atoms with Gasteiger partial charge >= 0.3 is 0 Å². The van der Waals surface area contributed by atoms with Gasteiger partial charge in [0.05, 0.1) is 6.54 Å². The van der Waals surface area contributed by atoms with Crippen LogP contribution in [0.25, 0.3) is 0 Å². The van der Waals surface area contributed by atoms with Crippen molar-refractivity contribution in [3.05, 3.63) is 35.7 Å². The first-order valence-electron chi connectivity index (χ1n) is 5.42. The van der Waals surface area contributed by atoms with Crippen LogP contribution < -0.4 is 5.32 Å². The van der Waals surface area contributed by atoms with Crippen molar-refractivity contribution in [2.45, 2.75) is 26.4 Å². The third-order valence-corrected chi connectivity index (χ3v) is 2.33. The van der Waals surface area contributed by atoms with Gasteiger partial charge in [0, 0.05) is 25.4 Å². The van der Waals surface area contributed by atoms with Crippen LogP contribution in [0.2, 0.25) is 0 Å². The Kier molecular flexibility index (Phi) is 3.36. The van der Waals surface area contributed by atoms with Crippen LogP contribution in [0.1, 0.15) is 24.2 Å². The molecule has 0 atom stereocenters. The lowest BCUT2D eigenvalue weighted by molar-refractivity contribution is 0.375. The highest BCUT2D eigenvalue weighted by Gasteiger charge is 2.05. The van der Waals surface area contributed by atoms with Crippen LogP contribution in [0.5, 0.6) is 0 Å². The zero-order valence-electron chi connectivity index (χ0n) is 9.60. The minimum atomic E-state index is 0.660. The van der Waals surface area contributed by atoms with E-state index < -0.39 is 0 Å². The van der Waals surface area contributed by atoms with Crippen molar-refractivity contribution in [3.63, 3.8) is 0 Å². The van der Waals surface area contributed by atoms with Crippen molar-refractivity contribution in [1.29, 1.82) is 0 Å². The highest BCUT2D eigenvalue weighted by molar-refractivity contribution is 5.10. The predicted molar refractivity (Wildman–Crippen MR) is 60.0 cm³/mol. The number of hydrogen-bond donors (Lipinski definition) is 1. The van der Waals surface area contributed by atoms with E-state index >= 15 is 0 Å². The number of nitrogens with zero attached hydrogens (tertiary/aromatic N) is 3. The molecule has 1 N–H and O–H groups in total. The fourth-order valence-electron chi connectivity index (χ4n) is 1.56. The summed E-state index contributed by atoms with van der Waals surface area (Å²) in [6.07, 6.45) is 4.89. The van der Waals surface area contributed by atoms with E-state index in [0.29, 0.717) is 12.4 Å². The molecule has 86 valence electrons. The standard InChI is InChI=1S/C11H16N4O/c1-3-11-13-10(14-16-11)8-15-5-4-9(7-15)6-12-2/h4-5,7,12H,3,6,8H2,1-2H3. The minimum absolute atomic E-state index is 0.660. The Morgan fingerprint density at radius 1 is 1.50 bits per heavy atom. The van der Waals surface area contributed by atoms with Crippen LogP contribution in [-0.2, 0) is 19.5 Å². The van der Waals surface area contributed by atoms with E-state index in [1.165, 1.54) is 5.56 Å². The molecule has 0 aromatic carbocycles. The monoisotopic (exact) mass is 220 g/mol. The van der Waals surface area contributed by atoms with Crippen LogP contribution >= 0.6 is 0 Å². The maximum atomic E-state index is 5.05. The summed E-state index contributed by atoms with van der Waals surface area (Å²) in [5.74, 6) is 1.42. The van der Waals surface area contributed by atoms with Gasteiger partial charge in [-0.05, 0) is 18.7 Å². The Balaban J connectivity index is 2.02. The number of nitrogens with one attached hydrogen (secondary N) is 1. The SMILES string of the molecule is CCc1nc(Cn2ccc(CNC)c2)no1. The van der Waals surface area contributed by atoms with Crippen molar-refractivity contribution in [3.8, 4) is 0 Å². The molecule has 2 rings (SSSR count). The molecule has 0 unspecified atom stereocenters. The third-order valence-electron chi connectivity index (χ3n) is 2.33. The molecule has 0 bridgehead atoms. The second kappa shape index (κ2) is 4.94. The Morgan fingerprint density at radius 2 is 2.38 bits per heavy atom. The number of hydrogen-bond acceptors (Lipinski definition) is 4. The smallest absolute Gasteiger partial charge is 0.226 e. The van der Waals surface area contributed by atoms with Crippen LogP contribution in [0.3, 0.4) is 0 Å². The normalized spacial score (nSPS) is 10.9. The van der Waals surface area contributed by atoms with Crippen LogP contribution in [0.15, 0.2) is 23.0 Å². The zero-order valence-corrected chi connectivity index (χ0v) is 9.60. The van der Waals surface area contributed by atoms with Crippen molar-refractivity contribution < 1.29 is 4.52 Å². The van der Waals surface area contributed by atoms with Gasteiger partial charge in [0.1, 0.15) is 0 Å². The lowest BCUT2D eigenvalue weighted by Crippen LogP contribution is -2.04. The molecule has 2 heterocycles. The molecule has 0 fully saturated rings. The summed E-state index contributed by atoms with van der Waals surface area (Å²) in [7, 11) is 1.93. The second-order valence-electron chi connectivity index (χ2n) is 3.68. The maximum Gasteiger partial charge on any atom is 0.226 e. The first kappa shape index (κ1) is 10.9. The Hall–Kier alpha value is -1.62. The topological polar surface area (TPSA) is 55.9 Å². The molecule has 5 nitrogen and oxygen atoms in total. The fraction of sp³-hybridized carbons (Fsp3) is 0.455. The van der Waals surface area contributed by atoms with Gasteiger partial charge in [-0.25, -0.2) is 0 Å². The van der Waals surface area contributed by atoms with E-state index in [-0.39, 0.29) is 0 Å². The van der Waals surface area contributed by atoms with Gasteiger partial charge in [-0.3, -0.25) is 0 Å². The van der Waals surface area contributed by atoms with Gasteiger partial charge in [-0.15, -0.1) is 0 Å². The van der Waals surface area contributed by atoms with Crippen molar-refractivity contribution >= 4 is 0 Å². The summed E-state index contributed by atoms with van der Waals surface area (Å²) >= 11 is 0. The molecular formula is C11H16N4O. The van der Waals surface area contributed by atoms with Crippen molar-refractivity contribution in [2.24, 2.45) is 0 Å². The molecule has 2 aromatic rings. The second-order valence-corrected chi connectivity index (χ2v) is 3.68. The molecule has 0 saturated heterocycles. The fourth-order valence-corrected chi connectivity index (χ4v) is 1.56. The minimum Gasteiger partial charge on any atom is -0.346 e. The zero-order chi connectivity index (χ0) is 11.4. The van der Waals surface area contributed by atoms with Crippen LogP contribution in [-0.4, -0.2) is 21.8 Å². The molecule has 0 amide bonds. The molecular weight excluding hydrogens is 204 g/mol. The average molecular weight is 220 g/mol. The van der Waals surface area contributed by atoms with Crippen molar-refractivity contribution in [1.82, 2.24) is 20.0 Å². The average Bonchev–Trinajstić information content (AvgIpc) is 2.89. The largest absolute Gasteiger partial charge is 0.346 e. The summed E-state index contributed by atoms with van der Waals surface area (Å²) in [4.78, 5) is 4.27. The first-order valence-corrected chi connectivity index (χ1v) is 5.42. The van der Waals surface area contributed by atoms with Gasteiger partial charge in [-0.1, -0.05) is 12.1 Å². The highest BCUT2D eigenvalue weighted by Crippen LogP contribution is 2.04. The quantitative estimate of drug-likeness (QED) is 0.822. The summed E-state index contributed by atoms with van der Waals surface area (Å²) < 4.78 is 7.11. The Labute approximate surface area is 94.5 Å². The maximum absolute atomic E-state index is 5.05. The third kappa shape index (κ3) is 2.49. The lowest BCUT2D eigenvalue weighted by Gasteiger charge is -1.97. The molecule has 0 radical (unpaired) electrons. The predicted octanol–water partition coefficient (Wildman–Crippen LogP) is 1.20. The van der Waals surface area contributed by atoms with E-state index in [9.17, 15) is 0 Å². The van der Waals surface area contributed by atoms with Gasteiger partial charge in [0.2, 0.25) is 5.89 Å². The number of aromatic nitrogens is 3. The molecule has 0 spiro atoms. The summed E-state index contributed by atoms with van der Waals surface area (Å²) in [6.45, 7) is 3.53. The van der Waals surface area contributed by atoms with E-state index in [1.54, 1.807) is 0 Å². The highest BCUT2D eigenvalue weighted by atomic mass is 16.5. The van der Waals surface area contributed by atoms with Gasteiger partial charge in [-0.2, -0.15) is 4.98 Å². The summed E-state index contributed by atoms with van der Waals surface area (Å²) in [5, 5.41) is 7.03.